The number of rotatable bonds is 0. The van der Waals surface area contributed by atoms with Gasteiger partial charge in [-0.2, -0.15) is 10.2 Å². The Balaban J connectivity index is 4.01. The van der Waals surface area contributed by atoms with Gasteiger partial charge in [-0.1, -0.05) is 0 Å². The van der Waals surface area contributed by atoms with Gasteiger partial charge in [0, 0.05) is 0 Å². The fourth-order valence-electron chi connectivity index (χ4n) is 0.300. The second-order valence-electron chi connectivity index (χ2n) is 4.54. The lowest BCUT2D eigenvalue weighted by atomic mass is 10.1. The van der Waals surface area contributed by atoms with Crippen LogP contribution in [0.4, 0.5) is 0 Å². The fourth-order valence-corrected chi connectivity index (χ4v) is 0.300. The summed E-state index contributed by atoms with van der Waals surface area (Å²) in [6.07, 6.45) is 0. The minimum Gasteiger partial charge on any atom is -0.188 e. The number of nitrogens with zero attached hydrogens (tertiary/aromatic N) is 2. The van der Waals surface area contributed by atoms with Crippen molar-refractivity contribution in [3.05, 3.63) is 0 Å². The van der Waals surface area contributed by atoms with Gasteiger partial charge < -0.3 is 0 Å². The fraction of sp³-hybridized carbons (Fsp3) is 1.00. The molecule has 0 aliphatic heterocycles. The predicted octanol–water partition coefficient (Wildman–Crippen LogP) is 3.04. The quantitative estimate of drug-likeness (QED) is 0.464. The molecule has 0 saturated carbocycles. The van der Waals surface area contributed by atoms with E-state index in [2.05, 4.69) is 10.2 Å². The summed E-state index contributed by atoms with van der Waals surface area (Å²) >= 11 is 0. The zero-order valence-electron chi connectivity index (χ0n) is 7.89. The van der Waals surface area contributed by atoms with Crippen molar-refractivity contribution in [2.45, 2.75) is 52.6 Å². The minimum atomic E-state index is -0.0344. The first-order valence-corrected chi connectivity index (χ1v) is 3.65. The molecule has 0 aromatic rings. The normalized spacial score (nSPS) is 14.6. The van der Waals surface area contributed by atoms with E-state index in [9.17, 15) is 0 Å². The molecule has 2 nitrogen and oxygen atoms in total. The van der Waals surface area contributed by atoms with E-state index >= 15 is 0 Å². The Morgan fingerprint density at radius 1 is 0.600 bits per heavy atom. The highest BCUT2D eigenvalue weighted by Crippen LogP contribution is 2.13. The Labute approximate surface area is 63.7 Å². The third-order valence-corrected chi connectivity index (χ3v) is 0.650. The van der Waals surface area contributed by atoms with Gasteiger partial charge in [0.1, 0.15) is 0 Å². The molecule has 0 saturated heterocycles. The second kappa shape index (κ2) is 2.69. The van der Waals surface area contributed by atoms with E-state index < -0.39 is 0 Å². The summed E-state index contributed by atoms with van der Waals surface area (Å²) in [7, 11) is 0. The monoisotopic (exact) mass is 142 g/mol. The second-order valence-corrected chi connectivity index (χ2v) is 4.54. The Bertz CT molecular complexity index is 107. The predicted molar refractivity (Wildman–Crippen MR) is 44.4 cm³/mol. The van der Waals surface area contributed by atoms with Gasteiger partial charge in [0.05, 0.1) is 11.1 Å². The largest absolute Gasteiger partial charge is 0.188 e. The molecule has 0 atom stereocenters. The number of hydrogen-bond donors (Lipinski definition) is 0. The topological polar surface area (TPSA) is 24.7 Å². The minimum absolute atomic E-state index is 0.0344. The molecule has 10 heavy (non-hydrogen) atoms. The molecule has 0 radical (unpaired) electrons. The van der Waals surface area contributed by atoms with Gasteiger partial charge >= 0.3 is 0 Å². The third kappa shape index (κ3) is 7.60. The van der Waals surface area contributed by atoms with Crippen LogP contribution in [0.25, 0.3) is 0 Å². The zero-order chi connectivity index (χ0) is 8.41. The first-order chi connectivity index (χ1) is 4.21. The van der Waals surface area contributed by atoms with Crippen molar-refractivity contribution in [2.24, 2.45) is 10.2 Å². The molecule has 0 fully saturated rings. The summed E-state index contributed by atoms with van der Waals surface area (Å²) in [4.78, 5) is 0. The highest BCUT2D eigenvalue weighted by Gasteiger charge is 2.11. The van der Waals surface area contributed by atoms with Crippen LogP contribution in [0.3, 0.4) is 0 Å². The van der Waals surface area contributed by atoms with Crippen molar-refractivity contribution >= 4 is 0 Å². The molecular weight excluding hydrogens is 124 g/mol. The molecular formula is C8H18N2. The molecule has 0 rings (SSSR count). The van der Waals surface area contributed by atoms with Crippen LogP contribution in [0.1, 0.15) is 41.5 Å². The molecule has 0 heterocycles. The Morgan fingerprint density at radius 2 is 0.800 bits per heavy atom. The van der Waals surface area contributed by atoms with Crippen LogP contribution < -0.4 is 0 Å². The maximum absolute atomic E-state index is 4.15. The summed E-state index contributed by atoms with van der Waals surface area (Å²) in [5, 5.41) is 8.31. The van der Waals surface area contributed by atoms with Gasteiger partial charge in [0.25, 0.3) is 0 Å². The van der Waals surface area contributed by atoms with Gasteiger partial charge in [0.15, 0.2) is 0 Å². The smallest absolute Gasteiger partial charge is 0.0732 e. The van der Waals surface area contributed by atoms with Crippen LogP contribution in [0.2, 0.25) is 0 Å². The van der Waals surface area contributed by atoms with Gasteiger partial charge in [0.2, 0.25) is 0 Å². The van der Waals surface area contributed by atoms with E-state index in [4.69, 9.17) is 0 Å². The van der Waals surface area contributed by atoms with Crippen molar-refractivity contribution in [3.63, 3.8) is 0 Å². The Morgan fingerprint density at radius 3 is 0.900 bits per heavy atom. The maximum atomic E-state index is 4.15. The van der Waals surface area contributed by atoms with Crippen molar-refractivity contribution < 1.29 is 0 Å². The van der Waals surface area contributed by atoms with Gasteiger partial charge in [-0.05, 0) is 41.5 Å². The molecule has 2 heteroatoms. The van der Waals surface area contributed by atoms with Crippen LogP contribution in [-0.2, 0) is 0 Å². The lowest BCUT2D eigenvalue weighted by Crippen LogP contribution is -2.14. The highest BCUT2D eigenvalue weighted by molar-refractivity contribution is 4.72. The van der Waals surface area contributed by atoms with Crippen LogP contribution >= 0.6 is 0 Å². The van der Waals surface area contributed by atoms with Crippen molar-refractivity contribution in [2.75, 3.05) is 0 Å². The first kappa shape index (κ1) is 9.60. The molecule has 0 amide bonds. The first-order valence-electron chi connectivity index (χ1n) is 3.65. The van der Waals surface area contributed by atoms with Crippen molar-refractivity contribution in [1.29, 1.82) is 0 Å². The summed E-state index contributed by atoms with van der Waals surface area (Å²) in [6.45, 7) is 12.3. The maximum Gasteiger partial charge on any atom is 0.0732 e. The lowest BCUT2D eigenvalue weighted by molar-refractivity contribution is 0.465. The molecule has 0 spiro atoms. The summed E-state index contributed by atoms with van der Waals surface area (Å²) in [5.41, 5.74) is -0.0689. The van der Waals surface area contributed by atoms with E-state index in [-0.39, 0.29) is 11.1 Å². The average molecular weight is 142 g/mol. The molecule has 0 aliphatic carbocycles. The molecule has 0 N–H and O–H groups in total. The van der Waals surface area contributed by atoms with Crippen molar-refractivity contribution in [3.8, 4) is 0 Å². The van der Waals surface area contributed by atoms with E-state index in [0.717, 1.165) is 0 Å². The highest BCUT2D eigenvalue weighted by atomic mass is 15.2. The van der Waals surface area contributed by atoms with Crippen LogP contribution in [0.5, 0.6) is 0 Å². The number of azo groups is 1. The van der Waals surface area contributed by atoms with Crippen LogP contribution in [0.15, 0.2) is 10.2 Å². The Hall–Kier alpha value is -0.400. The molecule has 0 aromatic carbocycles. The van der Waals surface area contributed by atoms with Gasteiger partial charge in [-0.15, -0.1) is 0 Å². The van der Waals surface area contributed by atoms with Crippen LogP contribution in [0, 0.1) is 0 Å². The summed E-state index contributed by atoms with van der Waals surface area (Å²) in [5.74, 6) is 0. The lowest BCUT2D eigenvalue weighted by Gasteiger charge is -2.15. The SMILES string of the molecule is CC(C)(C)/N=N\C(C)(C)C. The van der Waals surface area contributed by atoms with E-state index in [1.165, 1.54) is 0 Å². The third-order valence-electron chi connectivity index (χ3n) is 0.650. The van der Waals surface area contributed by atoms with E-state index in [0.29, 0.717) is 0 Å². The Kier molecular flexibility index (Phi) is 2.58. The van der Waals surface area contributed by atoms with Crippen molar-refractivity contribution in [1.82, 2.24) is 0 Å². The standard InChI is InChI=1S/C8H18N2/c1-7(2,3)9-10-8(4,5)6/h1-6H3/b10-9-. The van der Waals surface area contributed by atoms with E-state index in [1.807, 2.05) is 41.5 Å². The molecule has 0 aliphatic rings. The van der Waals surface area contributed by atoms with Crippen LogP contribution in [-0.4, -0.2) is 11.1 Å². The van der Waals surface area contributed by atoms with Gasteiger partial charge in [-0.3, -0.25) is 0 Å². The summed E-state index contributed by atoms with van der Waals surface area (Å²) in [6, 6.07) is 0. The number of hydrogen-bond acceptors (Lipinski definition) is 2. The molecule has 0 aromatic heterocycles. The molecule has 0 bridgehead atoms. The average Bonchev–Trinajstić information content (AvgIpc) is 1.57. The molecule has 60 valence electrons. The molecule has 0 unspecified atom stereocenters. The summed E-state index contributed by atoms with van der Waals surface area (Å²) < 4.78 is 0. The zero-order valence-corrected chi connectivity index (χ0v) is 7.89. The van der Waals surface area contributed by atoms with E-state index in [1.54, 1.807) is 0 Å². The van der Waals surface area contributed by atoms with Gasteiger partial charge in [-0.25, -0.2) is 0 Å².